The van der Waals surface area contributed by atoms with Gasteiger partial charge in [0, 0.05) is 13.2 Å². The van der Waals surface area contributed by atoms with Gasteiger partial charge in [0.05, 0.1) is 18.3 Å². The lowest BCUT2D eigenvalue weighted by molar-refractivity contribution is -0.131. The molecule has 2 saturated heterocycles. The largest absolute Gasteiger partial charge is 0.378 e. The lowest BCUT2D eigenvalue weighted by Gasteiger charge is -2.30. The maximum atomic E-state index is 12.6. The van der Waals surface area contributed by atoms with E-state index in [1.165, 1.54) is 12.8 Å². The minimum atomic E-state index is -0.0188. The van der Waals surface area contributed by atoms with Gasteiger partial charge in [-0.3, -0.25) is 10.1 Å². The van der Waals surface area contributed by atoms with Crippen LogP contribution in [0.15, 0.2) is 0 Å². The zero-order chi connectivity index (χ0) is 14.7. The van der Waals surface area contributed by atoms with Gasteiger partial charge in [-0.1, -0.05) is 27.7 Å². The Hall–Kier alpha value is -0.610. The van der Waals surface area contributed by atoms with Gasteiger partial charge in [0.15, 0.2) is 0 Å². The summed E-state index contributed by atoms with van der Waals surface area (Å²) in [7, 11) is 0. The van der Waals surface area contributed by atoms with Crippen molar-refractivity contribution in [3.05, 3.63) is 0 Å². The molecule has 2 aliphatic heterocycles. The highest BCUT2D eigenvalue weighted by atomic mass is 16.5. The summed E-state index contributed by atoms with van der Waals surface area (Å²) in [4.78, 5) is 14.6. The first-order valence-corrected chi connectivity index (χ1v) is 8.19. The predicted octanol–water partition coefficient (Wildman–Crippen LogP) is 2.38. The summed E-state index contributed by atoms with van der Waals surface area (Å²) in [6, 6.07) is -0.0188. The van der Waals surface area contributed by atoms with Gasteiger partial charge >= 0.3 is 0 Å². The average Bonchev–Trinajstić information content (AvgIpc) is 2.75. The summed E-state index contributed by atoms with van der Waals surface area (Å²) in [5.41, 5.74) is 0. The van der Waals surface area contributed by atoms with E-state index in [4.69, 9.17) is 4.74 Å². The smallest absolute Gasteiger partial charge is 0.241 e. The first kappa shape index (κ1) is 15.8. The maximum Gasteiger partial charge on any atom is 0.241 e. The molecule has 1 amide bonds. The molecule has 0 aliphatic carbocycles. The van der Waals surface area contributed by atoms with E-state index < -0.39 is 0 Å². The number of carbonyl (C=O) groups excluding carboxylic acids is 1. The van der Waals surface area contributed by atoms with Crippen molar-refractivity contribution in [2.45, 2.75) is 71.7 Å². The molecule has 1 N–H and O–H groups in total. The Morgan fingerprint density at radius 1 is 1.25 bits per heavy atom. The van der Waals surface area contributed by atoms with E-state index in [-0.39, 0.29) is 18.1 Å². The van der Waals surface area contributed by atoms with Crippen molar-refractivity contribution in [2.75, 3.05) is 13.2 Å². The fourth-order valence-electron chi connectivity index (χ4n) is 3.26. The van der Waals surface area contributed by atoms with Crippen molar-refractivity contribution in [3.63, 3.8) is 0 Å². The third kappa shape index (κ3) is 3.53. The van der Waals surface area contributed by atoms with Gasteiger partial charge in [-0.2, -0.15) is 0 Å². The third-order valence-corrected chi connectivity index (χ3v) is 4.50. The molecule has 0 radical (unpaired) electrons. The van der Waals surface area contributed by atoms with Crippen LogP contribution >= 0.6 is 0 Å². The minimum absolute atomic E-state index is 0.0188. The molecule has 0 aromatic rings. The second-order valence-corrected chi connectivity index (χ2v) is 6.89. The van der Waals surface area contributed by atoms with Crippen LogP contribution in [0.25, 0.3) is 0 Å². The van der Waals surface area contributed by atoms with Crippen LogP contribution < -0.4 is 5.32 Å². The molecule has 0 aromatic heterocycles. The summed E-state index contributed by atoms with van der Waals surface area (Å²) in [6.07, 6.45) is 5.10. The van der Waals surface area contributed by atoms with Crippen molar-refractivity contribution in [2.24, 2.45) is 11.8 Å². The lowest BCUT2D eigenvalue weighted by atomic mass is 10.0. The first-order valence-electron chi connectivity index (χ1n) is 8.19. The molecule has 2 rings (SSSR count). The van der Waals surface area contributed by atoms with Crippen molar-refractivity contribution in [1.29, 1.82) is 0 Å². The van der Waals surface area contributed by atoms with E-state index in [0.29, 0.717) is 17.9 Å². The highest BCUT2D eigenvalue weighted by molar-refractivity contribution is 5.84. The van der Waals surface area contributed by atoms with Gasteiger partial charge in [0.1, 0.15) is 0 Å². The van der Waals surface area contributed by atoms with E-state index in [1.54, 1.807) is 0 Å². The quantitative estimate of drug-likeness (QED) is 0.842. The fraction of sp³-hybridized carbons (Fsp3) is 0.938. The van der Waals surface area contributed by atoms with Crippen LogP contribution in [0.5, 0.6) is 0 Å². The second kappa shape index (κ2) is 6.90. The Bertz CT molecular complexity index is 324. The van der Waals surface area contributed by atoms with Crippen LogP contribution in [0.4, 0.5) is 0 Å². The van der Waals surface area contributed by atoms with Gasteiger partial charge < -0.3 is 9.64 Å². The number of ether oxygens (including phenoxy) is 1. The lowest BCUT2D eigenvalue weighted by Crippen LogP contribution is -2.43. The molecule has 116 valence electrons. The molecule has 4 nitrogen and oxygen atoms in total. The molecule has 4 heteroatoms. The van der Waals surface area contributed by atoms with Crippen LogP contribution in [-0.2, 0) is 9.53 Å². The SMILES string of the molecule is CC(C)C1NC(C(C)C)N(CCC2CCCCO2)C1=O. The second-order valence-electron chi connectivity index (χ2n) is 6.89. The van der Waals surface area contributed by atoms with E-state index in [0.717, 1.165) is 26.0 Å². The minimum Gasteiger partial charge on any atom is -0.378 e. The maximum absolute atomic E-state index is 12.6. The van der Waals surface area contributed by atoms with Crippen LogP contribution in [0.2, 0.25) is 0 Å². The van der Waals surface area contributed by atoms with Crippen LogP contribution in [0.3, 0.4) is 0 Å². The number of nitrogens with one attached hydrogen (secondary N) is 1. The highest BCUT2D eigenvalue weighted by Gasteiger charge is 2.41. The number of amides is 1. The van der Waals surface area contributed by atoms with Crippen molar-refractivity contribution < 1.29 is 9.53 Å². The molecule has 3 unspecified atom stereocenters. The molecular weight excluding hydrogens is 252 g/mol. The number of carbonyl (C=O) groups is 1. The van der Waals surface area contributed by atoms with Crippen molar-refractivity contribution >= 4 is 5.91 Å². The molecule has 0 bridgehead atoms. The molecule has 2 fully saturated rings. The molecule has 20 heavy (non-hydrogen) atoms. The normalized spacial score (nSPS) is 31.6. The van der Waals surface area contributed by atoms with Crippen molar-refractivity contribution in [1.82, 2.24) is 10.2 Å². The zero-order valence-electron chi connectivity index (χ0n) is 13.4. The Morgan fingerprint density at radius 3 is 2.55 bits per heavy atom. The fourth-order valence-corrected chi connectivity index (χ4v) is 3.26. The number of hydrogen-bond donors (Lipinski definition) is 1. The molecule has 0 aromatic carbocycles. The standard InChI is InChI=1S/C16H30N2O2/c1-11(2)14-16(19)18(15(17-14)12(3)4)9-8-13-7-5-6-10-20-13/h11-15,17H,5-10H2,1-4H3. The summed E-state index contributed by atoms with van der Waals surface area (Å²) in [6.45, 7) is 10.3. The van der Waals surface area contributed by atoms with Crippen LogP contribution in [0.1, 0.15) is 53.4 Å². The monoisotopic (exact) mass is 282 g/mol. The average molecular weight is 282 g/mol. The summed E-state index contributed by atoms with van der Waals surface area (Å²) in [5, 5.41) is 3.51. The predicted molar refractivity (Wildman–Crippen MR) is 80.3 cm³/mol. The number of hydrogen-bond acceptors (Lipinski definition) is 3. The summed E-state index contributed by atoms with van der Waals surface area (Å²) in [5.74, 6) is 1.06. The van der Waals surface area contributed by atoms with E-state index in [2.05, 4.69) is 33.0 Å². The molecular formula is C16H30N2O2. The van der Waals surface area contributed by atoms with Crippen molar-refractivity contribution in [3.8, 4) is 0 Å². The van der Waals surface area contributed by atoms with Gasteiger partial charge in [-0.15, -0.1) is 0 Å². The Balaban J connectivity index is 1.94. The summed E-state index contributed by atoms with van der Waals surface area (Å²) >= 11 is 0. The van der Waals surface area contributed by atoms with E-state index in [1.807, 2.05) is 4.90 Å². The van der Waals surface area contributed by atoms with E-state index in [9.17, 15) is 4.79 Å². The summed E-state index contributed by atoms with van der Waals surface area (Å²) < 4.78 is 5.78. The molecule has 3 atom stereocenters. The zero-order valence-corrected chi connectivity index (χ0v) is 13.4. The van der Waals surface area contributed by atoms with Gasteiger partial charge in [-0.25, -0.2) is 0 Å². The Morgan fingerprint density at radius 2 is 2.00 bits per heavy atom. The van der Waals surface area contributed by atoms with Crippen LogP contribution in [-0.4, -0.2) is 42.3 Å². The Kier molecular flexibility index (Phi) is 5.44. The first-order chi connectivity index (χ1) is 9.50. The number of rotatable bonds is 5. The molecule has 0 saturated carbocycles. The molecule has 2 heterocycles. The molecule has 0 spiro atoms. The Labute approximate surface area is 123 Å². The van der Waals surface area contributed by atoms with E-state index >= 15 is 0 Å². The molecule has 2 aliphatic rings. The van der Waals surface area contributed by atoms with Gasteiger partial charge in [0.25, 0.3) is 0 Å². The number of nitrogens with zero attached hydrogens (tertiary/aromatic N) is 1. The highest BCUT2D eigenvalue weighted by Crippen LogP contribution is 2.23. The van der Waals surface area contributed by atoms with Gasteiger partial charge in [0.2, 0.25) is 5.91 Å². The topological polar surface area (TPSA) is 41.6 Å². The van der Waals surface area contributed by atoms with Crippen LogP contribution in [0, 0.1) is 11.8 Å². The van der Waals surface area contributed by atoms with Gasteiger partial charge in [-0.05, 0) is 37.5 Å². The third-order valence-electron chi connectivity index (χ3n) is 4.50.